The molecule has 0 aromatic carbocycles. The molecule has 6 heteroatoms. The number of rotatable bonds is 4. The largest absolute Gasteiger partial charge is 0.344 e. The van der Waals surface area contributed by atoms with Gasteiger partial charge in [-0.3, -0.25) is 4.79 Å². The summed E-state index contributed by atoms with van der Waals surface area (Å²) in [5, 5.41) is 7.36. The maximum Gasteiger partial charge on any atom is 0.270 e. The molecule has 0 saturated heterocycles. The maximum atomic E-state index is 12.4. The van der Waals surface area contributed by atoms with E-state index in [1.165, 1.54) is 0 Å². The first-order valence-electron chi connectivity index (χ1n) is 7.76. The molecule has 1 atom stereocenters. The number of aryl methyl sites for hydroxylation is 1. The lowest BCUT2D eigenvalue weighted by atomic mass is 10.1. The molecule has 0 aliphatic heterocycles. The van der Waals surface area contributed by atoms with E-state index in [1.807, 2.05) is 51.1 Å². The third-order valence-corrected chi connectivity index (χ3v) is 3.85. The summed E-state index contributed by atoms with van der Waals surface area (Å²) in [5.41, 5.74) is 3.12. The van der Waals surface area contributed by atoms with E-state index >= 15 is 0 Å². The Morgan fingerprint density at radius 2 is 2.00 bits per heavy atom. The molecule has 0 unspecified atom stereocenters. The number of aromatic nitrogens is 4. The van der Waals surface area contributed by atoms with Gasteiger partial charge in [-0.1, -0.05) is 12.1 Å². The Bertz CT molecular complexity index is 857. The molecule has 0 spiro atoms. The molecular weight excluding hydrogens is 302 g/mol. The van der Waals surface area contributed by atoms with Crippen LogP contribution in [-0.2, 0) is 0 Å². The molecule has 3 heterocycles. The lowest BCUT2D eigenvalue weighted by Gasteiger charge is -2.14. The molecule has 1 N–H and O–H groups in total. The molecule has 0 fully saturated rings. The molecular formula is C18H19N5O. The van der Waals surface area contributed by atoms with Crippen LogP contribution in [0.3, 0.4) is 0 Å². The predicted molar refractivity (Wildman–Crippen MR) is 91.0 cm³/mol. The summed E-state index contributed by atoms with van der Waals surface area (Å²) in [6.07, 6.45) is 3.49. The summed E-state index contributed by atoms with van der Waals surface area (Å²) >= 11 is 0. The Morgan fingerprint density at radius 3 is 2.71 bits per heavy atom. The molecule has 3 aromatic rings. The summed E-state index contributed by atoms with van der Waals surface area (Å²) in [5.74, 6) is 0.552. The SMILES string of the molecule is Cc1cccc(C(=O)N[C@@H](C)c2cnn(-c3ccccn3)c2C)n1. The maximum absolute atomic E-state index is 12.4. The summed E-state index contributed by atoms with van der Waals surface area (Å²) in [6.45, 7) is 5.76. The number of nitrogens with one attached hydrogen (secondary N) is 1. The molecule has 0 saturated carbocycles. The first-order valence-corrected chi connectivity index (χ1v) is 7.76. The second kappa shape index (κ2) is 6.62. The fourth-order valence-electron chi connectivity index (χ4n) is 2.58. The van der Waals surface area contributed by atoms with Crippen molar-refractivity contribution < 1.29 is 4.79 Å². The first-order chi connectivity index (χ1) is 11.6. The van der Waals surface area contributed by atoms with Gasteiger partial charge in [-0.25, -0.2) is 14.6 Å². The second-order valence-electron chi connectivity index (χ2n) is 5.64. The van der Waals surface area contributed by atoms with E-state index in [0.29, 0.717) is 5.69 Å². The van der Waals surface area contributed by atoms with Crippen LogP contribution in [0.2, 0.25) is 0 Å². The number of hydrogen-bond acceptors (Lipinski definition) is 4. The summed E-state index contributed by atoms with van der Waals surface area (Å²) in [6, 6.07) is 10.9. The third kappa shape index (κ3) is 3.17. The van der Waals surface area contributed by atoms with Crippen LogP contribution in [0.25, 0.3) is 5.82 Å². The van der Waals surface area contributed by atoms with Crippen molar-refractivity contribution in [2.75, 3.05) is 0 Å². The predicted octanol–water partition coefficient (Wildman–Crippen LogP) is 2.77. The van der Waals surface area contributed by atoms with Crippen LogP contribution in [-0.4, -0.2) is 25.7 Å². The standard InChI is InChI=1S/C18H19N5O/c1-12-7-6-8-16(21-12)18(24)22-13(2)15-11-20-23(14(15)3)17-9-4-5-10-19-17/h4-11,13H,1-3H3,(H,22,24)/t13-/m0/s1. The molecule has 1 amide bonds. The van der Waals surface area contributed by atoms with Gasteiger partial charge in [0.15, 0.2) is 5.82 Å². The van der Waals surface area contributed by atoms with Crippen molar-refractivity contribution in [2.24, 2.45) is 0 Å². The van der Waals surface area contributed by atoms with Gasteiger partial charge in [0.1, 0.15) is 5.69 Å². The molecule has 6 nitrogen and oxygen atoms in total. The molecule has 0 aliphatic carbocycles. The van der Waals surface area contributed by atoms with E-state index in [-0.39, 0.29) is 11.9 Å². The van der Waals surface area contributed by atoms with Gasteiger partial charge in [0.2, 0.25) is 0 Å². The minimum atomic E-state index is -0.198. The van der Waals surface area contributed by atoms with E-state index in [9.17, 15) is 4.79 Å². The number of pyridine rings is 2. The van der Waals surface area contributed by atoms with Crippen molar-refractivity contribution in [1.29, 1.82) is 0 Å². The van der Waals surface area contributed by atoms with E-state index in [2.05, 4.69) is 20.4 Å². The van der Waals surface area contributed by atoms with Gasteiger partial charge in [0.05, 0.1) is 12.2 Å². The van der Waals surface area contributed by atoms with Crippen molar-refractivity contribution in [2.45, 2.75) is 26.8 Å². The fourth-order valence-corrected chi connectivity index (χ4v) is 2.58. The van der Waals surface area contributed by atoms with Crippen LogP contribution >= 0.6 is 0 Å². The lowest BCUT2D eigenvalue weighted by molar-refractivity contribution is 0.0934. The monoisotopic (exact) mass is 321 g/mol. The number of nitrogens with zero attached hydrogens (tertiary/aromatic N) is 4. The van der Waals surface area contributed by atoms with E-state index < -0.39 is 0 Å². The zero-order valence-electron chi connectivity index (χ0n) is 13.9. The normalized spacial score (nSPS) is 12.0. The van der Waals surface area contributed by atoms with Gasteiger partial charge in [-0.05, 0) is 45.0 Å². The number of carbonyl (C=O) groups excluding carboxylic acids is 1. The second-order valence-corrected chi connectivity index (χ2v) is 5.64. The zero-order chi connectivity index (χ0) is 17.1. The smallest absolute Gasteiger partial charge is 0.270 e. The minimum Gasteiger partial charge on any atom is -0.344 e. The Balaban J connectivity index is 1.80. The van der Waals surface area contributed by atoms with Crippen LogP contribution < -0.4 is 5.32 Å². The highest BCUT2D eigenvalue weighted by molar-refractivity contribution is 5.92. The molecule has 0 radical (unpaired) electrons. The van der Waals surface area contributed by atoms with Crippen LogP contribution in [0.15, 0.2) is 48.8 Å². The number of amides is 1. The van der Waals surface area contributed by atoms with Gasteiger partial charge in [0.25, 0.3) is 5.91 Å². The molecule has 3 aromatic heterocycles. The molecule has 0 bridgehead atoms. The van der Waals surface area contributed by atoms with Crippen molar-refractivity contribution >= 4 is 5.91 Å². The van der Waals surface area contributed by atoms with E-state index in [0.717, 1.165) is 22.8 Å². The molecule has 0 aliphatic rings. The highest BCUT2D eigenvalue weighted by Gasteiger charge is 2.18. The fraction of sp³-hybridized carbons (Fsp3) is 0.222. The van der Waals surface area contributed by atoms with Gasteiger partial charge in [-0.2, -0.15) is 5.10 Å². The highest BCUT2D eigenvalue weighted by Crippen LogP contribution is 2.19. The highest BCUT2D eigenvalue weighted by atomic mass is 16.1. The molecule has 122 valence electrons. The van der Waals surface area contributed by atoms with Crippen molar-refractivity contribution in [3.63, 3.8) is 0 Å². The van der Waals surface area contributed by atoms with Crippen LogP contribution in [0.1, 0.15) is 40.4 Å². The van der Waals surface area contributed by atoms with E-state index in [1.54, 1.807) is 23.1 Å². The summed E-state index contributed by atoms with van der Waals surface area (Å²) in [4.78, 5) is 20.9. The Morgan fingerprint density at radius 1 is 1.17 bits per heavy atom. The van der Waals surface area contributed by atoms with Gasteiger partial charge < -0.3 is 5.32 Å². The minimum absolute atomic E-state index is 0.183. The van der Waals surface area contributed by atoms with Crippen molar-refractivity contribution in [3.8, 4) is 5.82 Å². The molecule has 24 heavy (non-hydrogen) atoms. The molecule has 3 rings (SSSR count). The lowest BCUT2D eigenvalue weighted by Crippen LogP contribution is -2.27. The number of hydrogen-bond donors (Lipinski definition) is 1. The average Bonchev–Trinajstić information content (AvgIpc) is 2.97. The van der Waals surface area contributed by atoms with Gasteiger partial charge >= 0.3 is 0 Å². The quantitative estimate of drug-likeness (QED) is 0.802. The van der Waals surface area contributed by atoms with Crippen molar-refractivity contribution in [1.82, 2.24) is 25.1 Å². The summed E-state index contributed by atoms with van der Waals surface area (Å²) in [7, 11) is 0. The Labute approximate surface area is 140 Å². The van der Waals surface area contributed by atoms with Gasteiger partial charge in [-0.15, -0.1) is 0 Å². The third-order valence-electron chi connectivity index (χ3n) is 3.85. The van der Waals surface area contributed by atoms with Crippen molar-refractivity contribution in [3.05, 3.63) is 71.4 Å². The average molecular weight is 321 g/mol. The van der Waals surface area contributed by atoms with Gasteiger partial charge in [0, 0.05) is 23.1 Å². The Hall–Kier alpha value is -3.02. The Kier molecular flexibility index (Phi) is 4.37. The van der Waals surface area contributed by atoms with Crippen LogP contribution in [0.5, 0.6) is 0 Å². The van der Waals surface area contributed by atoms with Crippen LogP contribution in [0.4, 0.5) is 0 Å². The topological polar surface area (TPSA) is 72.7 Å². The van der Waals surface area contributed by atoms with Crippen LogP contribution in [0, 0.1) is 13.8 Å². The number of carbonyl (C=O) groups is 1. The van der Waals surface area contributed by atoms with E-state index in [4.69, 9.17) is 0 Å². The first kappa shape index (κ1) is 15.9. The zero-order valence-corrected chi connectivity index (χ0v) is 13.9. The summed E-state index contributed by atoms with van der Waals surface area (Å²) < 4.78 is 1.77.